The molecule has 0 radical (unpaired) electrons. The number of rotatable bonds is 24. The number of thiazole rings is 4. The fraction of sp³-hybridized carbons (Fsp3) is 0.214. The summed E-state index contributed by atoms with van der Waals surface area (Å²) in [5.74, 6) is 1.68. The van der Waals surface area contributed by atoms with Crippen molar-refractivity contribution in [3.05, 3.63) is 223 Å². The summed E-state index contributed by atoms with van der Waals surface area (Å²) in [5.41, 5.74) is 8.01. The number of benzene rings is 4. The lowest BCUT2D eigenvalue weighted by atomic mass is 10.2. The standard InChI is InChI=1S/2C18H17NO3S.C17H16N2O3S.C17H15NO3S2/c2*1-2-21-15-9-7-14(8-10-15)17-19-16(12-23-17)18(20)22-11-13-5-3-4-6-13;1-2-21-14-7-5-12(6-8-14)16-19-15(11-23-16)17(20)22-10-13-4-3-9-18-13;1-2-20-13-7-5-12(6-8-13)16-18-15(11-23-16)17(19)21-10-14-4-3-9-22-14/h2*3,5-10,12H,2,4,11H2,1H3;4-9,11H,2-3,10H2,1H3;3-9,11H,2,10H2,1H3. The van der Waals surface area contributed by atoms with Crippen LogP contribution in [0.5, 0.6) is 23.0 Å². The van der Waals surface area contributed by atoms with E-state index in [1.807, 2.05) is 185 Å². The third-order valence-electron chi connectivity index (χ3n) is 12.9. The summed E-state index contributed by atoms with van der Waals surface area (Å²) in [5, 5.41) is 12.0. The molecule has 1 aliphatic heterocycles. The second-order valence-corrected chi connectivity index (χ2v) is 23.9. The number of aromatic nitrogens is 4. The van der Waals surface area contributed by atoms with Crippen LogP contribution in [0, 0.1) is 0 Å². The molecule has 22 heteroatoms. The van der Waals surface area contributed by atoms with Crippen molar-refractivity contribution in [2.75, 3.05) is 46.2 Å². The molecule has 0 fully saturated rings. The molecule has 0 N–H and O–H groups in total. The molecule has 4 aromatic carbocycles. The molecule has 3 aliphatic rings. The van der Waals surface area contributed by atoms with E-state index >= 15 is 0 Å². The van der Waals surface area contributed by atoms with Gasteiger partial charge in [-0.1, -0.05) is 48.6 Å². The van der Waals surface area contributed by atoms with E-state index in [4.69, 9.17) is 37.9 Å². The van der Waals surface area contributed by atoms with Crippen LogP contribution < -0.4 is 18.9 Å². The monoisotopic (exact) mass is 1330 g/mol. The molecule has 2 aliphatic carbocycles. The summed E-state index contributed by atoms with van der Waals surface area (Å²) in [6.45, 7) is 11.4. The maximum atomic E-state index is 12.0. The molecule has 0 atom stereocenters. The molecular formula is C70H65N5O12S5. The summed E-state index contributed by atoms with van der Waals surface area (Å²) in [6, 6.07) is 34.5. The largest absolute Gasteiger partial charge is 0.494 e. The summed E-state index contributed by atoms with van der Waals surface area (Å²) < 4.78 is 42.7. The first-order valence-electron chi connectivity index (χ1n) is 29.4. The third-order valence-corrected chi connectivity index (χ3v) is 17.3. The first-order valence-corrected chi connectivity index (χ1v) is 33.8. The number of hydrogen-bond donors (Lipinski definition) is 0. The van der Waals surface area contributed by atoms with Crippen molar-refractivity contribution < 1.29 is 57.1 Å². The molecule has 0 amide bonds. The first kappa shape index (κ1) is 67.0. The molecule has 17 nitrogen and oxygen atoms in total. The number of aliphatic imine (C=N–C) groups is 1. The minimum Gasteiger partial charge on any atom is -0.494 e. The van der Waals surface area contributed by atoms with E-state index in [-0.39, 0.29) is 25.2 Å². The average molecular weight is 1330 g/mol. The van der Waals surface area contributed by atoms with Crippen LogP contribution in [-0.2, 0) is 25.6 Å². The molecule has 92 heavy (non-hydrogen) atoms. The van der Waals surface area contributed by atoms with Crippen molar-refractivity contribution in [2.45, 2.75) is 53.6 Å². The number of hydrogen-bond acceptors (Lipinski definition) is 22. The lowest BCUT2D eigenvalue weighted by Crippen LogP contribution is -2.07. The van der Waals surface area contributed by atoms with Crippen LogP contribution in [0.15, 0.2) is 200 Å². The van der Waals surface area contributed by atoms with Gasteiger partial charge in [-0.15, -0.1) is 56.7 Å². The number of allylic oxidation sites excluding steroid dienone is 5. The van der Waals surface area contributed by atoms with E-state index < -0.39 is 11.9 Å². The second kappa shape index (κ2) is 35.2. The SMILES string of the molecule is CCOc1ccc(-c2nc(C(=O)OCC3=CCC=C3)cs2)cc1.CCOc1ccc(-c2nc(C(=O)OCC3=CCC=C3)cs2)cc1.CCOc1ccc(-c2nc(C(=O)OCC3=CCC=N3)cs2)cc1.CCOc1ccc(-c2nc(C(=O)OCc3cccs3)cs2)cc1. The van der Waals surface area contributed by atoms with Gasteiger partial charge in [0.05, 0.1) is 32.1 Å². The summed E-state index contributed by atoms with van der Waals surface area (Å²) in [4.78, 5) is 70.7. The Morgan fingerprint density at radius 2 is 0.728 bits per heavy atom. The van der Waals surface area contributed by atoms with Gasteiger partial charge >= 0.3 is 23.9 Å². The molecule has 0 unspecified atom stereocenters. The zero-order valence-electron chi connectivity index (χ0n) is 50.9. The highest BCUT2D eigenvalue weighted by molar-refractivity contribution is 7.14. The maximum absolute atomic E-state index is 12.0. The zero-order valence-corrected chi connectivity index (χ0v) is 54.9. The summed E-state index contributed by atoms with van der Waals surface area (Å²) in [7, 11) is 0. The van der Waals surface area contributed by atoms with Gasteiger partial charge in [-0.25, -0.2) is 39.1 Å². The van der Waals surface area contributed by atoms with Crippen molar-refractivity contribution in [3.63, 3.8) is 0 Å². The molecule has 6 heterocycles. The Morgan fingerprint density at radius 1 is 0.391 bits per heavy atom. The number of carbonyl (C=O) groups is 4. The summed E-state index contributed by atoms with van der Waals surface area (Å²) in [6.07, 6.45) is 18.4. The Balaban J connectivity index is 0.000000145. The highest BCUT2D eigenvalue weighted by atomic mass is 32.1. The third kappa shape index (κ3) is 20.3. The minimum absolute atomic E-state index is 0.186. The number of ether oxygens (including phenoxy) is 8. The average Bonchev–Trinajstić information content (AvgIpc) is 2.23. The van der Waals surface area contributed by atoms with Crippen LogP contribution in [0.1, 0.15) is 93.8 Å². The van der Waals surface area contributed by atoms with Gasteiger partial charge in [0, 0.05) is 61.3 Å². The number of esters is 4. The Bertz CT molecular complexity index is 3740. The minimum atomic E-state index is -0.429. The smallest absolute Gasteiger partial charge is 0.358 e. The van der Waals surface area contributed by atoms with Gasteiger partial charge in [-0.2, -0.15) is 0 Å². The molecule has 12 rings (SSSR count). The molecule has 472 valence electrons. The Morgan fingerprint density at radius 3 is 1.01 bits per heavy atom. The lowest BCUT2D eigenvalue weighted by Gasteiger charge is -2.03. The van der Waals surface area contributed by atoms with Gasteiger partial charge in [0.2, 0.25) is 0 Å². The normalized spacial score (nSPS) is 12.4. The topological polar surface area (TPSA) is 206 Å². The van der Waals surface area contributed by atoms with Gasteiger partial charge in [0.15, 0.2) is 22.8 Å². The quantitative estimate of drug-likeness (QED) is 0.0407. The van der Waals surface area contributed by atoms with Crippen LogP contribution in [0.3, 0.4) is 0 Å². The van der Waals surface area contributed by atoms with Crippen molar-refractivity contribution in [1.29, 1.82) is 0 Å². The second-order valence-electron chi connectivity index (χ2n) is 19.4. The number of carbonyl (C=O) groups excluding carboxylic acids is 4. The Kier molecular flexibility index (Phi) is 25.6. The molecule has 0 saturated carbocycles. The Hall–Kier alpha value is -9.45. The Labute approximate surface area is 553 Å². The fourth-order valence-electron chi connectivity index (χ4n) is 8.44. The van der Waals surface area contributed by atoms with Crippen LogP contribution in [0.4, 0.5) is 0 Å². The van der Waals surface area contributed by atoms with E-state index in [1.165, 1.54) is 45.3 Å². The predicted octanol–water partition coefficient (Wildman–Crippen LogP) is 16.9. The van der Waals surface area contributed by atoms with Crippen LogP contribution in [0.2, 0.25) is 0 Å². The number of nitrogens with zero attached hydrogens (tertiary/aromatic N) is 5. The van der Waals surface area contributed by atoms with Crippen molar-refractivity contribution >= 4 is 86.8 Å². The molecule has 5 aromatic heterocycles. The van der Waals surface area contributed by atoms with Crippen LogP contribution in [-0.4, -0.2) is 96.3 Å². The van der Waals surface area contributed by atoms with E-state index in [9.17, 15) is 19.2 Å². The van der Waals surface area contributed by atoms with E-state index in [2.05, 4.69) is 24.9 Å². The van der Waals surface area contributed by atoms with Gasteiger partial charge in [0.25, 0.3) is 0 Å². The maximum Gasteiger partial charge on any atom is 0.358 e. The van der Waals surface area contributed by atoms with Gasteiger partial charge in [-0.05, 0) is 160 Å². The van der Waals surface area contributed by atoms with Crippen molar-refractivity contribution in [2.24, 2.45) is 4.99 Å². The predicted molar refractivity (Wildman–Crippen MR) is 364 cm³/mol. The molecular weight excluding hydrogens is 1260 g/mol. The lowest BCUT2D eigenvalue weighted by molar-refractivity contribution is 0.0468. The molecule has 0 saturated heterocycles. The molecule has 9 aromatic rings. The van der Waals surface area contributed by atoms with E-state index in [0.29, 0.717) is 62.4 Å². The highest BCUT2D eigenvalue weighted by Gasteiger charge is 2.19. The fourth-order valence-corrected chi connectivity index (χ4v) is 12.2. The van der Waals surface area contributed by atoms with E-state index in [1.54, 1.807) is 39.1 Å². The number of thiophene rings is 1. The zero-order chi connectivity index (χ0) is 64.3. The first-order chi connectivity index (χ1) is 45.0. The highest BCUT2D eigenvalue weighted by Crippen LogP contribution is 2.31. The summed E-state index contributed by atoms with van der Waals surface area (Å²) >= 11 is 7.25. The van der Waals surface area contributed by atoms with Gasteiger partial charge in [-0.3, -0.25) is 4.99 Å². The van der Waals surface area contributed by atoms with Crippen LogP contribution in [0.25, 0.3) is 42.3 Å². The van der Waals surface area contributed by atoms with Crippen LogP contribution >= 0.6 is 56.7 Å². The van der Waals surface area contributed by atoms with Gasteiger partial charge < -0.3 is 37.9 Å². The molecule has 0 bridgehead atoms. The van der Waals surface area contributed by atoms with Crippen molar-refractivity contribution in [1.82, 2.24) is 19.9 Å². The van der Waals surface area contributed by atoms with Gasteiger partial charge in [0.1, 0.15) is 69.5 Å². The van der Waals surface area contributed by atoms with Crippen molar-refractivity contribution in [3.8, 4) is 65.3 Å². The van der Waals surface area contributed by atoms with E-state index in [0.717, 1.165) is 106 Å². The molecule has 0 spiro atoms.